The normalized spacial score (nSPS) is 13.5. The second-order valence-electron chi connectivity index (χ2n) is 15.8. The van der Waals surface area contributed by atoms with Crippen LogP contribution < -0.4 is 5.19 Å². The molecule has 5 heteroatoms. The van der Waals surface area contributed by atoms with Crippen LogP contribution in [0, 0.1) is 25.0 Å². The maximum absolute atomic E-state index is 4.77. The number of nitrogens with zero attached hydrogens (tertiary/aromatic N) is 2. The molecule has 0 saturated heterocycles. The van der Waals surface area contributed by atoms with Gasteiger partial charge in [0, 0.05) is 37.2 Å². The van der Waals surface area contributed by atoms with Crippen LogP contribution in [0.3, 0.4) is 0 Å². The standard InChI is InChI=1S/C27H22NS.C21H28NSi.Ir/c1-17(2)24-15-25(28-16-18(24)3)20-12-13-22-23-11-7-10-21(19-8-5-4-6-9-19)27(23)29-26(22)14-20;1-23(2,3)21-16-22-20(18-12-8-5-9-13-18)15-19(21)14-17-10-6-4-7-11-17;/h4-11,13-17H,1-3H3;5,8-9,12,15-17H,4,6-7,10-11,14H2,1-3H3;/q2*-1;. The van der Waals surface area contributed by atoms with E-state index in [1.165, 1.54) is 81.0 Å². The molecular formula is C48H50IrN2SSi-2. The molecule has 2 nitrogen and oxygen atoms in total. The van der Waals surface area contributed by atoms with E-state index in [-0.39, 0.29) is 20.1 Å². The molecule has 3 aromatic heterocycles. The molecule has 3 heterocycles. The summed E-state index contributed by atoms with van der Waals surface area (Å²) in [6, 6.07) is 41.2. The number of hydrogen-bond donors (Lipinski definition) is 0. The number of aromatic nitrogens is 2. The maximum Gasteiger partial charge on any atom is 0.0798 e. The van der Waals surface area contributed by atoms with Crippen molar-refractivity contribution in [2.75, 3.05) is 0 Å². The van der Waals surface area contributed by atoms with Gasteiger partial charge in [-0.15, -0.1) is 59.7 Å². The molecule has 0 bridgehead atoms. The summed E-state index contributed by atoms with van der Waals surface area (Å²) in [5.74, 6) is 1.35. The topological polar surface area (TPSA) is 25.8 Å². The molecule has 1 aliphatic rings. The Hall–Kier alpha value is -3.73. The van der Waals surface area contributed by atoms with E-state index in [0.717, 1.165) is 28.4 Å². The predicted molar refractivity (Wildman–Crippen MR) is 227 cm³/mol. The van der Waals surface area contributed by atoms with Gasteiger partial charge in [0.15, 0.2) is 0 Å². The number of pyridine rings is 2. The predicted octanol–water partition coefficient (Wildman–Crippen LogP) is 13.2. The van der Waals surface area contributed by atoms with Crippen molar-refractivity contribution in [3.05, 3.63) is 138 Å². The maximum atomic E-state index is 4.77. The summed E-state index contributed by atoms with van der Waals surface area (Å²) in [4.78, 5) is 9.46. The molecule has 0 spiro atoms. The van der Waals surface area contributed by atoms with Gasteiger partial charge < -0.3 is 9.97 Å². The van der Waals surface area contributed by atoms with Crippen LogP contribution >= 0.6 is 11.3 Å². The molecule has 1 radical (unpaired) electrons. The zero-order valence-corrected chi connectivity index (χ0v) is 36.1. The number of hydrogen-bond acceptors (Lipinski definition) is 3. The van der Waals surface area contributed by atoms with Crippen molar-refractivity contribution in [3.63, 3.8) is 0 Å². The molecule has 0 amide bonds. The summed E-state index contributed by atoms with van der Waals surface area (Å²) in [6.07, 6.45) is 12.5. The molecule has 0 unspecified atom stereocenters. The van der Waals surface area contributed by atoms with Gasteiger partial charge in [-0.05, 0) is 74.1 Å². The van der Waals surface area contributed by atoms with Crippen molar-refractivity contribution >= 4 is 44.8 Å². The van der Waals surface area contributed by atoms with Crippen LogP contribution in [0.15, 0.2) is 109 Å². The SMILES string of the molecule is C[Si](C)(C)c1cnc(-c2[c-]cccc2)cc1CC1CCCCC1.Cc1cnc(-c2[c-]cc3c(c2)sc2c(-c4ccccc4)cccc23)cc1C(C)C.[Ir]. The third-order valence-corrected chi connectivity index (χ3v) is 13.8. The Bertz CT molecular complexity index is 2280. The molecule has 7 aromatic rings. The quantitative estimate of drug-likeness (QED) is 0.118. The first kappa shape index (κ1) is 39.0. The Morgan fingerprint density at radius 1 is 0.774 bits per heavy atom. The van der Waals surface area contributed by atoms with Gasteiger partial charge in [0.2, 0.25) is 0 Å². The summed E-state index contributed by atoms with van der Waals surface area (Å²) in [6.45, 7) is 13.9. The fourth-order valence-corrected chi connectivity index (χ4v) is 10.6. The third-order valence-electron chi connectivity index (χ3n) is 10.6. The van der Waals surface area contributed by atoms with Crippen LogP contribution in [0.4, 0.5) is 0 Å². The summed E-state index contributed by atoms with van der Waals surface area (Å²) >= 11 is 1.86. The zero-order valence-electron chi connectivity index (χ0n) is 31.9. The van der Waals surface area contributed by atoms with Crippen molar-refractivity contribution in [1.82, 2.24) is 9.97 Å². The first-order chi connectivity index (χ1) is 25.2. The van der Waals surface area contributed by atoms with Gasteiger partial charge in [-0.25, -0.2) is 0 Å². The van der Waals surface area contributed by atoms with Gasteiger partial charge in [-0.3, -0.25) is 0 Å². The average molecular weight is 907 g/mol. The molecule has 1 saturated carbocycles. The molecule has 0 atom stereocenters. The molecule has 4 aromatic carbocycles. The van der Waals surface area contributed by atoms with Crippen molar-refractivity contribution in [1.29, 1.82) is 0 Å². The molecule has 1 aliphatic carbocycles. The van der Waals surface area contributed by atoms with E-state index < -0.39 is 8.07 Å². The first-order valence-corrected chi connectivity index (χ1v) is 23.3. The number of aryl methyl sites for hydroxylation is 1. The van der Waals surface area contributed by atoms with Crippen LogP contribution in [-0.2, 0) is 26.5 Å². The van der Waals surface area contributed by atoms with E-state index in [1.807, 2.05) is 29.7 Å². The Balaban J connectivity index is 0.000000183. The van der Waals surface area contributed by atoms with E-state index in [9.17, 15) is 0 Å². The Morgan fingerprint density at radius 3 is 2.23 bits per heavy atom. The van der Waals surface area contributed by atoms with E-state index in [2.05, 4.69) is 144 Å². The van der Waals surface area contributed by atoms with Crippen molar-refractivity contribution in [2.24, 2.45) is 5.92 Å². The second-order valence-corrected chi connectivity index (χ2v) is 21.9. The van der Waals surface area contributed by atoms with Gasteiger partial charge in [0.25, 0.3) is 0 Å². The number of thiophene rings is 1. The number of fused-ring (bicyclic) bond motifs is 3. The largest absolute Gasteiger partial charge is 0.305 e. The summed E-state index contributed by atoms with van der Waals surface area (Å²) in [5, 5.41) is 4.11. The Morgan fingerprint density at radius 2 is 1.51 bits per heavy atom. The van der Waals surface area contributed by atoms with Crippen molar-refractivity contribution < 1.29 is 20.1 Å². The minimum absolute atomic E-state index is 0. The van der Waals surface area contributed by atoms with Gasteiger partial charge in [-0.2, -0.15) is 11.3 Å². The number of benzene rings is 4. The van der Waals surface area contributed by atoms with E-state index in [1.54, 1.807) is 10.8 Å². The average Bonchev–Trinajstić information content (AvgIpc) is 3.54. The molecule has 1 fully saturated rings. The molecule has 0 N–H and O–H groups in total. The number of rotatable bonds is 7. The fraction of sp³-hybridized carbons (Fsp3) is 0.292. The third kappa shape index (κ3) is 8.98. The summed E-state index contributed by atoms with van der Waals surface area (Å²) < 4.78 is 2.62. The van der Waals surface area contributed by atoms with E-state index in [4.69, 9.17) is 9.97 Å². The van der Waals surface area contributed by atoms with Crippen LogP contribution in [0.2, 0.25) is 19.6 Å². The monoisotopic (exact) mass is 907 g/mol. The van der Waals surface area contributed by atoms with Crippen molar-refractivity contribution in [3.8, 4) is 33.6 Å². The Kier molecular flexibility index (Phi) is 12.6. The smallest absolute Gasteiger partial charge is 0.0798 e. The van der Waals surface area contributed by atoms with Gasteiger partial charge in [0.1, 0.15) is 0 Å². The van der Waals surface area contributed by atoms with Crippen molar-refractivity contribution in [2.45, 2.75) is 84.9 Å². The van der Waals surface area contributed by atoms with Gasteiger partial charge >= 0.3 is 0 Å². The van der Waals surface area contributed by atoms with Crippen LogP contribution in [-0.4, -0.2) is 18.0 Å². The molecule has 273 valence electrons. The first-order valence-electron chi connectivity index (χ1n) is 19.0. The summed E-state index contributed by atoms with van der Waals surface area (Å²) in [5.41, 5.74) is 11.0. The van der Waals surface area contributed by atoms with Gasteiger partial charge in [0.05, 0.1) is 8.07 Å². The van der Waals surface area contributed by atoms with E-state index >= 15 is 0 Å². The minimum Gasteiger partial charge on any atom is -0.305 e. The molecule has 0 aliphatic heterocycles. The second kappa shape index (κ2) is 17.2. The minimum atomic E-state index is -1.36. The summed E-state index contributed by atoms with van der Waals surface area (Å²) in [7, 11) is -1.36. The van der Waals surface area contributed by atoms with E-state index in [0.29, 0.717) is 5.92 Å². The zero-order chi connectivity index (χ0) is 36.2. The van der Waals surface area contributed by atoms with Crippen LogP contribution in [0.5, 0.6) is 0 Å². The van der Waals surface area contributed by atoms with Crippen LogP contribution in [0.1, 0.15) is 68.6 Å². The fourth-order valence-electron chi connectivity index (χ4n) is 7.78. The van der Waals surface area contributed by atoms with Gasteiger partial charge in [-0.1, -0.05) is 137 Å². The Labute approximate surface area is 335 Å². The molecular weight excluding hydrogens is 857 g/mol. The van der Waals surface area contributed by atoms with Crippen LogP contribution in [0.25, 0.3) is 53.8 Å². The molecule has 8 rings (SSSR count). The molecule has 53 heavy (non-hydrogen) atoms.